The van der Waals surface area contributed by atoms with E-state index in [4.69, 9.17) is 5.11 Å². The third-order valence-electron chi connectivity index (χ3n) is 4.05. The van der Waals surface area contributed by atoms with E-state index in [0.29, 0.717) is 6.61 Å². The maximum Gasteiger partial charge on any atom is 0.0431 e. The summed E-state index contributed by atoms with van der Waals surface area (Å²) in [6.45, 7) is 12.2. The van der Waals surface area contributed by atoms with Crippen LogP contribution in [0.2, 0.25) is 0 Å². The van der Waals surface area contributed by atoms with Gasteiger partial charge in [0.25, 0.3) is 0 Å². The van der Waals surface area contributed by atoms with Crippen LogP contribution in [0.25, 0.3) is 0 Å². The molecule has 0 spiro atoms. The maximum absolute atomic E-state index is 8.84. The van der Waals surface area contributed by atoms with Crippen LogP contribution < -0.4 is 0 Å². The molecule has 1 heteroatoms. The molecule has 0 fully saturated rings. The van der Waals surface area contributed by atoms with Crippen LogP contribution >= 0.6 is 0 Å². The summed E-state index contributed by atoms with van der Waals surface area (Å²) in [4.78, 5) is 0. The van der Waals surface area contributed by atoms with Gasteiger partial charge in [0, 0.05) is 6.61 Å². The van der Waals surface area contributed by atoms with Crippen molar-refractivity contribution in [3.63, 3.8) is 0 Å². The molecule has 0 aliphatic heterocycles. The third-order valence-corrected chi connectivity index (χ3v) is 4.05. The summed E-state index contributed by atoms with van der Waals surface area (Å²) in [6, 6.07) is 0. The number of hydrogen-bond acceptors (Lipinski definition) is 1. The van der Waals surface area contributed by atoms with Gasteiger partial charge >= 0.3 is 0 Å². The minimum atomic E-state index is 0.351. The van der Waals surface area contributed by atoms with Gasteiger partial charge in [-0.25, -0.2) is 0 Å². The van der Waals surface area contributed by atoms with Crippen molar-refractivity contribution in [3.05, 3.63) is 0 Å². The molecular formula is C17H36O. The number of aliphatic hydroxyl groups is 1. The van der Waals surface area contributed by atoms with Crippen LogP contribution in [0.15, 0.2) is 0 Å². The summed E-state index contributed by atoms with van der Waals surface area (Å²) in [5.41, 5.74) is 0. The number of hydrogen-bond donors (Lipinski definition) is 1. The third kappa shape index (κ3) is 9.94. The zero-order valence-electron chi connectivity index (χ0n) is 13.4. The van der Waals surface area contributed by atoms with E-state index >= 15 is 0 Å². The Morgan fingerprint density at radius 3 is 1.61 bits per heavy atom. The Balaban J connectivity index is 3.75. The first kappa shape index (κ1) is 18.0. The second-order valence-electron chi connectivity index (χ2n) is 6.78. The first-order valence-corrected chi connectivity index (χ1v) is 8.10. The minimum absolute atomic E-state index is 0.351. The van der Waals surface area contributed by atoms with Crippen molar-refractivity contribution < 1.29 is 5.11 Å². The highest BCUT2D eigenvalue weighted by atomic mass is 16.2. The standard InChI is InChI=1S/C17H36O/c1-6-8-14(2)11-16(4)13-17(5)12-15(3)9-7-10-18/h14-18H,6-13H2,1-5H3. The number of rotatable bonds is 11. The molecule has 0 heterocycles. The molecule has 0 rings (SSSR count). The summed E-state index contributed by atoms with van der Waals surface area (Å²) in [5.74, 6) is 3.37. The fraction of sp³-hybridized carbons (Fsp3) is 1.00. The predicted octanol–water partition coefficient (Wildman–Crippen LogP) is 5.27. The Morgan fingerprint density at radius 2 is 1.17 bits per heavy atom. The Hall–Kier alpha value is -0.0400. The highest BCUT2D eigenvalue weighted by Crippen LogP contribution is 2.26. The lowest BCUT2D eigenvalue weighted by Crippen LogP contribution is -2.10. The van der Waals surface area contributed by atoms with Crippen LogP contribution in [0, 0.1) is 23.7 Å². The van der Waals surface area contributed by atoms with Gasteiger partial charge in [-0.3, -0.25) is 0 Å². The summed E-state index contributed by atoms with van der Waals surface area (Å²) in [7, 11) is 0. The highest BCUT2D eigenvalue weighted by molar-refractivity contribution is 4.66. The van der Waals surface area contributed by atoms with Gasteiger partial charge in [-0.1, -0.05) is 47.5 Å². The van der Waals surface area contributed by atoms with Crippen molar-refractivity contribution in [2.45, 2.75) is 79.6 Å². The molecule has 4 unspecified atom stereocenters. The largest absolute Gasteiger partial charge is 0.396 e. The molecule has 110 valence electrons. The van der Waals surface area contributed by atoms with Crippen molar-refractivity contribution in [1.82, 2.24) is 0 Å². The van der Waals surface area contributed by atoms with Gasteiger partial charge in [-0.05, 0) is 55.8 Å². The van der Waals surface area contributed by atoms with Crippen molar-refractivity contribution in [1.29, 1.82) is 0 Å². The fourth-order valence-electron chi connectivity index (χ4n) is 3.42. The molecule has 0 aliphatic rings. The van der Waals surface area contributed by atoms with Crippen LogP contribution in [0.3, 0.4) is 0 Å². The molecule has 0 aromatic carbocycles. The molecular weight excluding hydrogens is 220 g/mol. The Bertz CT molecular complexity index is 178. The number of aliphatic hydroxyl groups excluding tert-OH is 1. The van der Waals surface area contributed by atoms with Gasteiger partial charge in [0.15, 0.2) is 0 Å². The summed E-state index contributed by atoms with van der Waals surface area (Å²) in [5, 5.41) is 8.84. The lowest BCUT2D eigenvalue weighted by Gasteiger charge is -2.22. The average Bonchev–Trinajstić information content (AvgIpc) is 2.25. The highest BCUT2D eigenvalue weighted by Gasteiger charge is 2.14. The molecule has 0 radical (unpaired) electrons. The van der Waals surface area contributed by atoms with Crippen LogP contribution in [0.4, 0.5) is 0 Å². The van der Waals surface area contributed by atoms with E-state index in [1.54, 1.807) is 0 Å². The Kier molecular flexibility index (Phi) is 10.8. The van der Waals surface area contributed by atoms with Gasteiger partial charge in [0.1, 0.15) is 0 Å². The van der Waals surface area contributed by atoms with Crippen LogP contribution in [-0.2, 0) is 0 Å². The summed E-state index contributed by atoms with van der Waals surface area (Å²) >= 11 is 0. The second kappa shape index (κ2) is 10.8. The molecule has 18 heavy (non-hydrogen) atoms. The van der Waals surface area contributed by atoms with Gasteiger partial charge in [0.05, 0.1) is 0 Å². The normalized spacial score (nSPS) is 18.3. The zero-order chi connectivity index (χ0) is 14.0. The predicted molar refractivity (Wildman–Crippen MR) is 81.7 cm³/mol. The van der Waals surface area contributed by atoms with Crippen LogP contribution in [0.5, 0.6) is 0 Å². The van der Waals surface area contributed by atoms with E-state index in [2.05, 4.69) is 34.6 Å². The lowest BCUT2D eigenvalue weighted by atomic mass is 9.84. The van der Waals surface area contributed by atoms with Crippen LogP contribution in [-0.4, -0.2) is 11.7 Å². The molecule has 0 saturated heterocycles. The van der Waals surface area contributed by atoms with Crippen molar-refractivity contribution in [2.24, 2.45) is 23.7 Å². The van der Waals surface area contributed by atoms with Gasteiger partial charge in [-0.15, -0.1) is 0 Å². The Labute approximate surface area is 115 Å². The van der Waals surface area contributed by atoms with Gasteiger partial charge in [-0.2, -0.15) is 0 Å². The fourth-order valence-corrected chi connectivity index (χ4v) is 3.42. The molecule has 0 aliphatic carbocycles. The summed E-state index contributed by atoms with van der Waals surface area (Å²) in [6.07, 6.45) is 8.94. The van der Waals surface area contributed by atoms with Crippen LogP contribution in [0.1, 0.15) is 79.6 Å². The van der Waals surface area contributed by atoms with Crippen molar-refractivity contribution >= 4 is 0 Å². The van der Waals surface area contributed by atoms with Gasteiger partial charge in [0.2, 0.25) is 0 Å². The van der Waals surface area contributed by atoms with E-state index < -0.39 is 0 Å². The minimum Gasteiger partial charge on any atom is -0.396 e. The van der Waals surface area contributed by atoms with E-state index in [1.165, 1.54) is 38.5 Å². The van der Waals surface area contributed by atoms with Crippen molar-refractivity contribution in [2.75, 3.05) is 6.61 Å². The molecule has 0 aromatic rings. The first-order chi connectivity index (χ1) is 8.49. The summed E-state index contributed by atoms with van der Waals surface area (Å²) < 4.78 is 0. The van der Waals surface area contributed by atoms with E-state index in [0.717, 1.165) is 30.1 Å². The molecule has 4 atom stereocenters. The maximum atomic E-state index is 8.84. The van der Waals surface area contributed by atoms with Gasteiger partial charge < -0.3 is 5.11 Å². The van der Waals surface area contributed by atoms with E-state index in [1.807, 2.05) is 0 Å². The molecule has 1 nitrogen and oxygen atoms in total. The topological polar surface area (TPSA) is 20.2 Å². The molecule has 0 aromatic heterocycles. The molecule has 0 saturated carbocycles. The smallest absolute Gasteiger partial charge is 0.0431 e. The average molecular weight is 256 g/mol. The first-order valence-electron chi connectivity index (χ1n) is 8.10. The van der Waals surface area contributed by atoms with E-state index in [-0.39, 0.29) is 0 Å². The zero-order valence-corrected chi connectivity index (χ0v) is 13.4. The molecule has 1 N–H and O–H groups in total. The quantitative estimate of drug-likeness (QED) is 0.533. The second-order valence-corrected chi connectivity index (χ2v) is 6.78. The lowest BCUT2D eigenvalue weighted by molar-refractivity contribution is 0.256. The monoisotopic (exact) mass is 256 g/mol. The molecule has 0 bridgehead atoms. The molecule has 0 amide bonds. The van der Waals surface area contributed by atoms with E-state index in [9.17, 15) is 0 Å². The van der Waals surface area contributed by atoms with Crippen molar-refractivity contribution in [3.8, 4) is 0 Å². The Morgan fingerprint density at radius 1 is 0.722 bits per heavy atom. The SMILES string of the molecule is CCCC(C)CC(C)CC(C)CC(C)CCCO.